The lowest BCUT2D eigenvalue weighted by atomic mass is 9.91. The minimum absolute atomic E-state index is 0.296. The maximum atomic E-state index is 10.1. The van der Waals surface area contributed by atoms with Crippen LogP contribution in [0.1, 0.15) is 39.0 Å². The third kappa shape index (κ3) is 1.74. The van der Waals surface area contributed by atoms with Crippen LogP contribution in [0, 0.1) is 0 Å². The molecule has 0 aromatic carbocycles. The molecule has 1 aliphatic carbocycles. The van der Waals surface area contributed by atoms with E-state index in [4.69, 9.17) is 0 Å². The summed E-state index contributed by atoms with van der Waals surface area (Å²) in [4.78, 5) is 0. The maximum Gasteiger partial charge on any atom is 0.0799 e. The van der Waals surface area contributed by atoms with Gasteiger partial charge in [0.2, 0.25) is 0 Å². The zero-order valence-corrected chi connectivity index (χ0v) is 7.56. The first kappa shape index (κ1) is 9.01. The van der Waals surface area contributed by atoms with Gasteiger partial charge in [-0.2, -0.15) is 0 Å². The Morgan fingerprint density at radius 1 is 1.45 bits per heavy atom. The third-order valence-corrected chi connectivity index (χ3v) is 2.87. The number of hydrogen-bond acceptors (Lipinski definition) is 2. The minimum atomic E-state index is -0.399. The van der Waals surface area contributed by atoms with E-state index in [9.17, 15) is 5.11 Å². The van der Waals surface area contributed by atoms with E-state index < -0.39 is 5.60 Å². The van der Waals surface area contributed by atoms with Gasteiger partial charge in [0.25, 0.3) is 0 Å². The van der Waals surface area contributed by atoms with Crippen LogP contribution in [0.3, 0.4) is 0 Å². The zero-order valence-electron chi connectivity index (χ0n) is 7.56. The molecule has 2 N–H and O–H groups in total. The lowest BCUT2D eigenvalue weighted by Crippen LogP contribution is -2.47. The molecular weight excluding hydrogens is 138 g/mol. The minimum Gasteiger partial charge on any atom is -0.388 e. The van der Waals surface area contributed by atoms with Crippen LogP contribution in [0.2, 0.25) is 0 Å². The molecule has 0 aliphatic heterocycles. The summed E-state index contributed by atoms with van der Waals surface area (Å²) in [6, 6.07) is 0.296. The smallest absolute Gasteiger partial charge is 0.0799 e. The summed E-state index contributed by atoms with van der Waals surface area (Å²) in [7, 11) is 1.93. The Morgan fingerprint density at radius 2 is 2.00 bits per heavy atom. The van der Waals surface area contributed by atoms with Crippen molar-refractivity contribution in [3.63, 3.8) is 0 Å². The Kier molecular flexibility index (Phi) is 2.90. The first-order valence-electron chi connectivity index (χ1n) is 4.62. The molecule has 11 heavy (non-hydrogen) atoms. The predicted molar refractivity (Wildman–Crippen MR) is 46.6 cm³/mol. The molecule has 1 unspecified atom stereocenters. The van der Waals surface area contributed by atoms with E-state index >= 15 is 0 Å². The van der Waals surface area contributed by atoms with Gasteiger partial charge in [0.05, 0.1) is 5.60 Å². The van der Waals surface area contributed by atoms with Crippen molar-refractivity contribution in [2.45, 2.75) is 50.7 Å². The molecule has 2 heteroatoms. The van der Waals surface area contributed by atoms with Gasteiger partial charge in [0, 0.05) is 6.04 Å². The Balaban J connectivity index is 2.53. The number of hydrogen-bond donors (Lipinski definition) is 2. The van der Waals surface area contributed by atoms with Crippen LogP contribution < -0.4 is 5.32 Å². The van der Waals surface area contributed by atoms with Gasteiger partial charge < -0.3 is 10.4 Å². The summed E-state index contributed by atoms with van der Waals surface area (Å²) < 4.78 is 0. The van der Waals surface area contributed by atoms with E-state index in [1.165, 1.54) is 12.8 Å². The van der Waals surface area contributed by atoms with Crippen molar-refractivity contribution in [2.24, 2.45) is 0 Å². The zero-order chi connectivity index (χ0) is 8.32. The number of nitrogens with one attached hydrogen (secondary N) is 1. The monoisotopic (exact) mass is 157 g/mol. The van der Waals surface area contributed by atoms with E-state index in [1.807, 2.05) is 7.05 Å². The Morgan fingerprint density at radius 3 is 2.36 bits per heavy atom. The fraction of sp³-hybridized carbons (Fsp3) is 1.00. The predicted octanol–water partition coefficient (Wildman–Crippen LogP) is 1.29. The first-order valence-corrected chi connectivity index (χ1v) is 4.62. The van der Waals surface area contributed by atoms with Crippen LogP contribution in [-0.2, 0) is 0 Å². The van der Waals surface area contributed by atoms with Crippen molar-refractivity contribution in [1.29, 1.82) is 0 Å². The molecule has 1 atom stereocenters. The van der Waals surface area contributed by atoms with E-state index in [0.717, 1.165) is 19.3 Å². The van der Waals surface area contributed by atoms with Crippen molar-refractivity contribution in [3.05, 3.63) is 0 Å². The highest BCUT2D eigenvalue weighted by molar-refractivity contribution is 4.93. The van der Waals surface area contributed by atoms with Crippen molar-refractivity contribution in [1.82, 2.24) is 5.32 Å². The molecule has 0 amide bonds. The molecule has 0 bridgehead atoms. The molecular formula is C9H19NO. The van der Waals surface area contributed by atoms with Crippen molar-refractivity contribution in [3.8, 4) is 0 Å². The van der Waals surface area contributed by atoms with Gasteiger partial charge >= 0.3 is 0 Å². The molecule has 2 nitrogen and oxygen atoms in total. The highest BCUT2D eigenvalue weighted by atomic mass is 16.3. The molecule has 0 heterocycles. The summed E-state index contributed by atoms with van der Waals surface area (Å²) in [5.74, 6) is 0. The lowest BCUT2D eigenvalue weighted by molar-refractivity contribution is 0.00922. The molecule has 1 fully saturated rings. The lowest BCUT2D eigenvalue weighted by Gasteiger charge is -2.31. The SMILES string of the molecule is CCC(NC)C1(O)CCCC1. The largest absolute Gasteiger partial charge is 0.388 e. The van der Waals surface area contributed by atoms with Crippen LogP contribution in [0.5, 0.6) is 0 Å². The topological polar surface area (TPSA) is 32.3 Å². The number of likely N-dealkylation sites (N-methyl/N-ethyl adjacent to an activating group) is 1. The van der Waals surface area contributed by atoms with Gasteiger partial charge in [-0.25, -0.2) is 0 Å². The second kappa shape index (κ2) is 3.55. The number of rotatable bonds is 3. The van der Waals surface area contributed by atoms with Crippen LogP contribution >= 0.6 is 0 Å². The summed E-state index contributed by atoms with van der Waals surface area (Å²) >= 11 is 0. The molecule has 1 aliphatic rings. The maximum absolute atomic E-state index is 10.1. The van der Waals surface area contributed by atoms with Crippen molar-refractivity contribution < 1.29 is 5.11 Å². The molecule has 0 radical (unpaired) electrons. The van der Waals surface area contributed by atoms with E-state index in [2.05, 4.69) is 12.2 Å². The van der Waals surface area contributed by atoms with E-state index in [1.54, 1.807) is 0 Å². The molecule has 0 aromatic heterocycles. The Bertz CT molecular complexity index is 115. The first-order chi connectivity index (χ1) is 5.23. The Hall–Kier alpha value is -0.0800. The van der Waals surface area contributed by atoms with Crippen molar-refractivity contribution in [2.75, 3.05) is 7.05 Å². The fourth-order valence-corrected chi connectivity index (χ4v) is 2.19. The van der Waals surface area contributed by atoms with E-state index in [-0.39, 0.29) is 0 Å². The highest BCUT2D eigenvalue weighted by Gasteiger charge is 2.37. The summed E-state index contributed by atoms with van der Waals surface area (Å²) in [6.45, 7) is 2.12. The van der Waals surface area contributed by atoms with Gasteiger partial charge in [0.15, 0.2) is 0 Å². The van der Waals surface area contributed by atoms with Crippen LogP contribution in [0.15, 0.2) is 0 Å². The average molecular weight is 157 g/mol. The van der Waals surface area contributed by atoms with Gasteiger partial charge in [-0.05, 0) is 26.3 Å². The summed E-state index contributed by atoms with van der Waals surface area (Å²) in [5.41, 5.74) is -0.399. The van der Waals surface area contributed by atoms with E-state index in [0.29, 0.717) is 6.04 Å². The van der Waals surface area contributed by atoms with Crippen LogP contribution in [-0.4, -0.2) is 23.8 Å². The molecule has 0 spiro atoms. The molecule has 0 aromatic rings. The van der Waals surface area contributed by atoms with Gasteiger partial charge in [0.1, 0.15) is 0 Å². The summed E-state index contributed by atoms with van der Waals surface area (Å²) in [6.07, 6.45) is 5.36. The fourth-order valence-electron chi connectivity index (χ4n) is 2.19. The standard InChI is InChI=1S/C9H19NO/c1-3-8(10-2)9(11)6-4-5-7-9/h8,10-11H,3-7H2,1-2H3. The molecule has 66 valence electrons. The number of aliphatic hydroxyl groups is 1. The molecule has 0 saturated heterocycles. The molecule has 1 saturated carbocycles. The van der Waals surface area contributed by atoms with Gasteiger partial charge in [-0.3, -0.25) is 0 Å². The Labute approximate surface area is 69.0 Å². The average Bonchev–Trinajstić information content (AvgIpc) is 2.39. The molecule has 1 rings (SSSR count). The van der Waals surface area contributed by atoms with Gasteiger partial charge in [-0.15, -0.1) is 0 Å². The normalized spacial score (nSPS) is 25.4. The second-order valence-corrected chi connectivity index (χ2v) is 3.56. The highest BCUT2D eigenvalue weighted by Crippen LogP contribution is 2.33. The van der Waals surface area contributed by atoms with Crippen LogP contribution in [0.25, 0.3) is 0 Å². The summed E-state index contributed by atoms with van der Waals surface area (Å²) in [5, 5.41) is 13.3. The second-order valence-electron chi connectivity index (χ2n) is 3.56. The van der Waals surface area contributed by atoms with Gasteiger partial charge in [-0.1, -0.05) is 19.8 Å². The van der Waals surface area contributed by atoms with Crippen LogP contribution in [0.4, 0.5) is 0 Å². The quantitative estimate of drug-likeness (QED) is 0.647. The van der Waals surface area contributed by atoms with Crippen molar-refractivity contribution >= 4 is 0 Å². The third-order valence-electron chi connectivity index (χ3n) is 2.87.